The van der Waals surface area contributed by atoms with Gasteiger partial charge in [0.15, 0.2) is 6.10 Å². The fourth-order valence-corrected chi connectivity index (χ4v) is 3.07. The van der Waals surface area contributed by atoms with Crippen molar-refractivity contribution >= 4 is 17.9 Å². The first kappa shape index (κ1) is 15.8. The van der Waals surface area contributed by atoms with E-state index in [0.717, 1.165) is 19.3 Å². The van der Waals surface area contributed by atoms with E-state index < -0.39 is 36.4 Å². The van der Waals surface area contributed by atoms with E-state index in [0.29, 0.717) is 0 Å². The average Bonchev–Trinajstić information content (AvgIpc) is 2.79. The minimum absolute atomic E-state index is 0.0509. The molecule has 0 amide bonds. The summed E-state index contributed by atoms with van der Waals surface area (Å²) >= 11 is 0. The van der Waals surface area contributed by atoms with Crippen LogP contribution >= 0.6 is 0 Å². The lowest BCUT2D eigenvalue weighted by atomic mass is 9.90. The van der Waals surface area contributed by atoms with Crippen molar-refractivity contribution in [3.63, 3.8) is 0 Å². The summed E-state index contributed by atoms with van der Waals surface area (Å²) in [6.45, 7) is 3.79. The van der Waals surface area contributed by atoms with Crippen molar-refractivity contribution in [2.24, 2.45) is 5.92 Å². The second-order valence-corrected chi connectivity index (χ2v) is 5.40. The Morgan fingerprint density at radius 2 is 1.43 bits per heavy atom. The maximum atomic E-state index is 11.3. The molecule has 7 heteroatoms. The largest absolute Gasteiger partial charge is 0.458 e. The molecular formula is C14H20O7. The predicted molar refractivity (Wildman–Crippen MR) is 68.9 cm³/mol. The molecule has 1 saturated carbocycles. The Kier molecular flexibility index (Phi) is 4.82. The van der Waals surface area contributed by atoms with Gasteiger partial charge in [0.25, 0.3) is 0 Å². The van der Waals surface area contributed by atoms with Gasteiger partial charge >= 0.3 is 17.9 Å². The number of hydrogen-bond acceptors (Lipinski definition) is 7. The van der Waals surface area contributed by atoms with Crippen molar-refractivity contribution in [3.05, 3.63) is 0 Å². The highest BCUT2D eigenvalue weighted by Crippen LogP contribution is 2.40. The van der Waals surface area contributed by atoms with E-state index in [4.69, 9.17) is 18.9 Å². The smallest absolute Gasteiger partial charge is 0.305 e. The molecule has 21 heavy (non-hydrogen) atoms. The molecule has 0 radical (unpaired) electrons. The Hall–Kier alpha value is -1.63. The van der Waals surface area contributed by atoms with E-state index in [9.17, 15) is 14.4 Å². The molecule has 0 aromatic heterocycles. The van der Waals surface area contributed by atoms with E-state index in [1.807, 2.05) is 0 Å². The van der Waals surface area contributed by atoms with Crippen LogP contribution in [0.25, 0.3) is 0 Å². The number of rotatable bonds is 3. The second kappa shape index (κ2) is 6.43. The molecule has 2 rings (SSSR count). The quantitative estimate of drug-likeness (QED) is 0.566. The molecule has 7 nitrogen and oxygen atoms in total. The van der Waals surface area contributed by atoms with Gasteiger partial charge < -0.3 is 18.9 Å². The number of carbonyl (C=O) groups is 3. The van der Waals surface area contributed by atoms with Crippen molar-refractivity contribution in [2.45, 2.75) is 64.6 Å². The molecule has 0 N–H and O–H groups in total. The Morgan fingerprint density at radius 3 is 2.00 bits per heavy atom. The van der Waals surface area contributed by atoms with Crippen molar-refractivity contribution in [1.82, 2.24) is 0 Å². The molecule has 0 spiro atoms. The van der Waals surface area contributed by atoms with Gasteiger partial charge in [-0.05, 0) is 12.8 Å². The van der Waals surface area contributed by atoms with Gasteiger partial charge in [0.2, 0.25) is 12.4 Å². The van der Waals surface area contributed by atoms with E-state index in [-0.39, 0.29) is 12.0 Å². The highest BCUT2D eigenvalue weighted by atomic mass is 16.7. The molecule has 2 fully saturated rings. The zero-order valence-corrected chi connectivity index (χ0v) is 12.4. The molecule has 1 aliphatic carbocycles. The summed E-state index contributed by atoms with van der Waals surface area (Å²) < 4.78 is 21.4. The zero-order valence-electron chi connectivity index (χ0n) is 12.4. The minimum atomic E-state index is -1.05. The molecular weight excluding hydrogens is 280 g/mol. The molecule has 118 valence electrons. The zero-order chi connectivity index (χ0) is 15.6. The van der Waals surface area contributed by atoms with Gasteiger partial charge in [-0.25, -0.2) is 0 Å². The predicted octanol–water partition coefficient (Wildman–Crippen LogP) is 0.938. The van der Waals surface area contributed by atoms with Gasteiger partial charge in [0, 0.05) is 26.7 Å². The van der Waals surface area contributed by atoms with Crippen molar-refractivity contribution < 1.29 is 33.3 Å². The SMILES string of the molecule is CC(=O)O[C@H]1O[C@@H]2CCC[C@@H]2[C@H](OC(C)=O)[C@H]1OC(C)=O. The average molecular weight is 300 g/mol. The fourth-order valence-electron chi connectivity index (χ4n) is 3.07. The lowest BCUT2D eigenvalue weighted by molar-refractivity contribution is -0.278. The highest BCUT2D eigenvalue weighted by molar-refractivity contribution is 5.68. The number of carbonyl (C=O) groups excluding carboxylic acids is 3. The number of fused-ring (bicyclic) bond motifs is 1. The highest BCUT2D eigenvalue weighted by Gasteiger charge is 2.52. The number of ether oxygens (including phenoxy) is 4. The Bertz CT molecular complexity index is 433. The molecule has 1 heterocycles. The van der Waals surface area contributed by atoms with E-state index in [1.54, 1.807) is 0 Å². The molecule has 0 unspecified atom stereocenters. The van der Waals surface area contributed by atoms with Gasteiger partial charge in [0.05, 0.1) is 6.10 Å². The molecule has 0 bridgehead atoms. The van der Waals surface area contributed by atoms with Crippen LogP contribution in [0.2, 0.25) is 0 Å². The maximum Gasteiger partial charge on any atom is 0.305 e. The van der Waals surface area contributed by atoms with Crippen LogP contribution in [0.4, 0.5) is 0 Å². The van der Waals surface area contributed by atoms with Crippen LogP contribution in [0.3, 0.4) is 0 Å². The topological polar surface area (TPSA) is 88.1 Å². The van der Waals surface area contributed by atoms with Crippen molar-refractivity contribution in [2.75, 3.05) is 0 Å². The summed E-state index contributed by atoms with van der Waals surface area (Å²) in [6.07, 6.45) is -0.264. The van der Waals surface area contributed by atoms with Crippen molar-refractivity contribution in [1.29, 1.82) is 0 Å². The lowest BCUT2D eigenvalue weighted by Gasteiger charge is -2.42. The second-order valence-electron chi connectivity index (χ2n) is 5.40. The number of hydrogen-bond donors (Lipinski definition) is 0. The third-order valence-electron chi connectivity index (χ3n) is 3.71. The summed E-state index contributed by atoms with van der Waals surface area (Å²) in [7, 11) is 0. The van der Waals surface area contributed by atoms with Gasteiger partial charge in [-0.15, -0.1) is 0 Å². The third kappa shape index (κ3) is 3.72. The third-order valence-corrected chi connectivity index (χ3v) is 3.71. The standard InChI is InChI=1S/C14H20O7/c1-7(15)18-12-10-5-4-6-11(10)21-14(20-9(3)17)13(12)19-8(2)16/h10-14H,4-6H2,1-3H3/t10-,11+,12-,13+,14-/m0/s1. The Balaban J connectivity index is 2.25. The Labute approximate surface area is 122 Å². The van der Waals surface area contributed by atoms with Crippen LogP contribution in [0.1, 0.15) is 40.0 Å². The molecule has 1 aliphatic heterocycles. The van der Waals surface area contributed by atoms with Crippen LogP contribution in [0.15, 0.2) is 0 Å². The first-order chi connectivity index (χ1) is 9.88. The molecule has 0 aromatic rings. The summed E-state index contributed by atoms with van der Waals surface area (Å²) in [5, 5.41) is 0. The summed E-state index contributed by atoms with van der Waals surface area (Å²) in [6, 6.07) is 0. The van der Waals surface area contributed by atoms with Crippen LogP contribution < -0.4 is 0 Å². The van der Waals surface area contributed by atoms with E-state index in [2.05, 4.69) is 0 Å². The van der Waals surface area contributed by atoms with Crippen LogP contribution in [0, 0.1) is 5.92 Å². The number of esters is 3. The van der Waals surface area contributed by atoms with E-state index >= 15 is 0 Å². The van der Waals surface area contributed by atoms with Gasteiger partial charge in [0.1, 0.15) is 0 Å². The summed E-state index contributed by atoms with van der Waals surface area (Å²) in [5.41, 5.74) is 0. The van der Waals surface area contributed by atoms with Crippen LogP contribution in [0.5, 0.6) is 0 Å². The first-order valence-electron chi connectivity index (χ1n) is 7.05. The minimum Gasteiger partial charge on any atom is -0.458 e. The monoisotopic (exact) mass is 300 g/mol. The van der Waals surface area contributed by atoms with Crippen LogP contribution in [-0.4, -0.2) is 42.5 Å². The summed E-state index contributed by atoms with van der Waals surface area (Å²) in [4.78, 5) is 33.9. The van der Waals surface area contributed by atoms with Crippen molar-refractivity contribution in [3.8, 4) is 0 Å². The summed E-state index contributed by atoms with van der Waals surface area (Å²) in [5.74, 6) is -1.61. The molecule has 5 atom stereocenters. The van der Waals surface area contributed by atoms with E-state index in [1.165, 1.54) is 20.8 Å². The first-order valence-corrected chi connectivity index (χ1v) is 7.05. The van der Waals surface area contributed by atoms with Gasteiger partial charge in [-0.2, -0.15) is 0 Å². The normalized spacial score (nSPS) is 34.7. The molecule has 1 saturated heterocycles. The molecule has 0 aromatic carbocycles. The van der Waals surface area contributed by atoms with Crippen LogP contribution in [-0.2, 0) is 33.3 Å². The lowest BCUT2D eigenvalue weighted by Crippen LogP contribution is -2.56. The van der Waals surface area contributed by atoms with Gasteiger partial charge in [-0.3, -0.25) is 14.4 Å². The maximum absolute atomic E-state index is 11.3. The van der Waals surface area contributed by atoms with Gasteiger partial charge in [-0.1, -0.05) is 6.42 Å². The Morgan fingerprint density at radius 1 is 0.857 bits per heavy atom. The fraction of sp³-hybridized carbons (Fsp3) is 0.786. The molecule has 2 aliphatic rings.